The van der Waals surface area contributed by atoms with Crippen LogP contribution in [0.3, 0.4) is 0 Å². The number of benzene rings is 2. The smallest absolute Gasteiger partial charge is 0.284 e. The summed E-state index contributed by atoms with van der Waals surface area (Å²) in [6, 6.07) is 12.5. The van der Waals surface area contributed by atoms with Gasteiger partial charge in [0.2, 0.25) is 0 Å². The molecule has 10 heteroatoms. The monoisotopic (exact) mass is 462 g/mol. The Hall–Kier alpha value is -2.82. The lowest BCUT2D eigenvalue weighted by molar-refractivity contribution is -0.122. The average molecular weight is 463 g/mol. The molecule has 1 fully saturated rings. The largest absolute Gasteiger partial charge is 0.504 e. The van der Waals surface area contributed by atoms with Crippen molar-refractivity contribution in [2.75, 3.05) is 27.4 Å². The minimum absolute atomic E-state index is 0.0209. The van der Waals surface area contributed by atoms with Gasteiger partial charge in [0.15, 0.2) is 16.7 Å². The normalized spacial score (nSPS) is 17.0. The zero-order valence-electron chi connectivity index (χ0n) is 17.0. The van der Waals surface area contributed by atoms with E-state index in [4.69, 9.17) is 9.47 Å². The molecule has 0 spiro atoms. The number of phenols is 1. The number of carbonyl (C=O) groups excluding carboxylic acids is 1. The standard InChI is InChI=1S/C21H22N2O6S2/c1-28-12-6-11-23-20(25)19(14-15-9-10-17(24)18(13-15)29-2)30-21(23)22-31(26,27)16-7-4-3-5-8-16/h3-5,7-10,13-14,24H,6,11-12H2,1-2H3/b19-14+,22-21-. The summed E-state index contributed by atoms with van der Waals surface area (Å²) in [4.78, 5) is 14.7. The van der Waals surface area contributed by atoms with Crippen molar-refractivity contribution in [3.05, 3.63) is 59.0 Å². The average Bonchev–Trinajstić information content (AvgIpc) is 3.04. The fourth-order valence-electron chi connectivity index (χ4n) is 2.82. The lowest BCUT2D eigenvalue weighted by Gasteiger charge is -2.15. The molecule has 8 nitrogen and oxygen atoms in total. The van der Waals surface area contributed by atoms with Gasteiger partial charge in [-0.2, -0.15) is 8.42 Å². The van der Waals surface area contributed by atoms with E-state index in [1.165, 1.54) is 30.2 Å². The van der Waals surface area contributed by atoms with Gasteiger partial charge in [0.1, 0.15) is 0 Å². The van der Waals surface area contributed by atoms with Gasteiger partial charge in [-0.1, -0.05) is 24.3 Å². The topological polar surface area (TPSA) is 106 Å². The molecule has 0 atom stereocenters. The Morgan fingerprint density at radius 2 is 1.90 bits per heavy atom. The highest BCUT2D eigenvalue weighted by atomic mass is 32.2. The van der Waals surface area contributed by atoms with E-state index in [-0.39, 0.29) is 34.0 Å². The van der Waals surface area contributed by atoms with Crippen LogP contribution in [0, 0.1) is 0 Å². The Balaban J connectivity index is 1.97. The van der Waals surface area contributed by atoms with Crippen LogP contribution >= 0.6 is 11.8 Å². The molecule has 0 aromatic heterocycles. The number of rotatable bonds is 8. The molecule has 31 heavy (non-hydrogen) atoms. The number of thioether (sulfide) groups is 1. The Labute approximate surface area is 185 Å². The molecule has 0 radical (unpaired) electrons. The van der Waals surface area contributed by atoms with Gasteiger partial charge in [-0.3, -0.25) is 9.69 Å². The number of hydrogen-bond donors (Lipinski definition) is 1. The van der Waals surface area contributed by atoms with Gasteiger partial charge in [-0.15, -0.1) is 4.40 Å². The minimum atomic E-state index is -3.98. The summed E-state index contributed by atoms with van der Waals surface area (Å²) in [6.45, 7) is 0.681. The van der Waals surface area contributed by atoms with Crippen molar-refractivity contribution in [2.24, 2.45) is 4.40 Å². The third kappa shape index (κ3) is 5.46. The number of hydrogen-bond acceptors (Lipinski definition) is 7. The quantitative estimate of drug-likeness (QED) is 0.475. The molecule has 0 aliphatic carbocycles. The van der Waals surface area contributed by atoms with E-state index in [0.717, 1.165) is 11.8 Å². The summed E-state index contributed by atoms with van der Waals surface area (Å²) in [6.07, 6.45) is 2.13. The van der Waals surface area contributed by atoms with Crippen molar-refractivity contribution < 1.29 is 27.8 Å². The molecule has 164 valence electrons. The van der Waals surface area contributed by atoms with E-state index in [1.807, 2.05) is 0 Å². The van der Waals surface area contributed by atoms with Crippen molar-refractivity contribution in [3.63, 3.8) is 0 Å². The summed E-state index contributed by atoms with van der Waals surface area (Å²) in [5.74, 6) is -0.107. The molecule has 1 aliphatic heterocycles. The van der Waals surface area contributed by atoms with Crippen LogP contribution in [-0.2, 0) is 19.6 Å². The van der Waals surface area contributed by atoms with Crippen LogP contribution in [0.1, 0.15) is 12.0 Å². The van der Waals surface area contributed by atoms with Crippen molar-refractivity contribution in [1.29, 1.82) is 0 Å². The molecule has 0 unspecified atom stereocenters. The van der Waals surface area contributed by atoms with Crippen LogP contribution in [0.5, 0.6) is 11.5 Å². The second kappa shape index (κ2) is 9.99. The van der Waals surface area contributed by atoms with Crippen molar-refractivity contribution in [3.8, 4) is 11.5 Å². The summed E-state index contributed by atoms with van der Waals surface area (Å²) in [5.41, 5.74) is 0.620. The van der Waals surface area contributed by atoms with Gasteiger partial charge in [0.05, 0.1) is 16.9 Å². The van der Waals surface area contributed by atoms with Gasteiger partial charge in [0.25, 0.3) is 15.9 Å². The van der Waals surface area contributed by atoms with Crippen LogP contribution in [-0.4, -0.2) is 56.9 Å². The number of nitrogens with zero attached hydrogens (tertiary/aromatic N) is 2. The molecule has 1 aliphatic rings. The van der Waals surface area contributed by atoms with Gasteiger partial charge in [0, 0.05) is 20.3 Å². The number of aromatic hydroxyl groups is 1. The van der Waals surface area contributed by atoms with E-state index in [2.05, 4.69) is 4.40 Å². The summed E-state index contributed by atoms with van der Waals surface area (Å²) in [5, 5.41) is 9.85. The first-order valence-electron chi connectivity index (χ1n) is 9.33. The van der Waals surface area contributed by atoms with Crippen LogP contribution in [0.15, 0.2) is 62.7 Å². The Kier molecular flexibility index (Phi) is 7.37. The van der Waals surface area contributed by atoms with Crippen molar-refractivity contribution in [1.82, 2.24) is 4.90 Å². The molecule has 1 amide bonds. The summed E-state index contributed by atoms with van der Waals surface area (Å²) in [7, 11) is -0.998. The van der Waals surface area contributed by atoms with Crippen LogP contribution in [0.2, 0.25) is 0 Å². The zero-order chi connectivity index (χ0) is 22.4. The number of amides is 1. The number of methoxy groups -OCH3 is 2. The van der Waals surface area contributed by atoms with E-state index >= 15 is 0 Å². The predicted octanol–water partition coefficient (Wildman–Crippen LogP) is 3.10. The van der Waals surface area contributed by atoms with Crippen molar-refractivity contribution in [2.45, 2.75) is 11.3 Å². The molecule has 0 saturated carbocycles. The van der Waals surface area contributed by atoms with Crippen LogP contribution in [0.4, 0.5) is 0 Å². The second-order valence-electron chi connectivity index (χ2n) is 6.51. The number of carbonyl (C=O) groups is 1. The first kappa shape index (κ1) is 22.9. The van der Waals surface area contributed by atoms with E-state index in [9.17, 15) is 18.3 Å². The number of phenolic OH excluding ortho intramolecular Hbond substituents is 1. The maximum Gasteiger partial charge on any atom is 0.284 e. The van der Waals surface area contributed by atoms with Gasteiger partial charge in [-0.05, 0) is 54.1 Å². The fourth-order valence-corrected chi connectivity index (χ4v) is 5.05. The Morgan fingerprint density at radius 3 is 2.58 bits per heavy atom. The lowest BCUT2D eigenvalue weighted by atomic mass is 10.2. The molecule has 2 aromatic rings. The fraction of sp³-hybridized carbons (Fsp3) is 0.238. The number of amidine groups is 1. The maximum absolute atomic E-state index is 13.0. The molecule has 1 heterocycles. The van der Waals surface area contributed by atoms with Gasteiger partial charge < -0.3 is 14.6 Å². The van der Waals surface area contributed by atoms with Crippen LogP contribution in [0.25, 0.3) is 6.08 Å². The third-order valence-electron chi connectivity index (χ3n) is 4.36. The summed E-state index contributed by atoms with van der Waals surface area (Å²) >= 11 is 0.983. The third-order valence-corrected chi connectivity index (χ3v) is 6.76. The molecule has 0 bridgehead atoms. The second-order valence-corrected chi connectivity index (χ2v) is 9.12. The first-order chi connectivity index (χ1) is 14.9. The minimum Gasteiger partial charge on any atom is -0.504 e. The number of ether oxygens (including phenoxy) is 2. The Morgan fingerprint density at radius 1 is 1.16 bits per heavy atom. The van der Waals surface area contributed by atoms with Crippen molar-refractivity contribution >= 4 is 38.9 Å². The summed E-state index contributed by atoms with van der Waals surface area (Å²) < 4.78 is 39.5. The van der Waals surface area contributed by atoms with Gasteiger partial charge >= 0.3 is 0 Å². The van der Waals surface area contributed by atoms with E-state index in [0.29, 0.717) is 23.5 Å². The van der Waals surface area contributed by atoms with Crippen LogP contribution < -0.4 is 4.74 Å². The molecule has 1 saturated heterocycles. The van der Waals surface area contributed by atoms with E-state index in [1.54, 1.807) is 43.5 Å². The maximum atomic E-state index is 13.0. The SMILES string of the molecule is COCCCN1C(=O)/C(=C\c2ccc(O)c(OC)c2)S/C1=N\S(=O)(=O)c1ccccc1. The van der Waals surface area contributed by atoms with Gasteiger partial charge in [-0.25, -0.2) is 0 Å². The molecule has 1 N–H and O–H groups in total. The van der Waals surface area contributed by atoms with E-state index < -0.39 is 10.0 Å². The number of sulfonamides is 1. The Bertz CT molecular complexity index is 1110. The molecule has 3 rings (SSSR count). The first-order valence-corrected chi connectivity index (χ1v) is 11.6. The predicted molar refractivity (Wildman–Crippen MR) is 119 cm³/mol. The highest BCUT2D eigenvalue weighted by molar-refractivity contribution is 8.19. The highest BCUT2D eigenvalue weighted by Crippen LogP contribution is 2.35. The molecular formula is C21H22N2O6S2. The molecule has 2 aromatic carbocycles. The lowest BCUT2D eigenvalue weighted by Crippen LogP contribution is -2.31. The highest BCUT2D eigenvalue weighted by Gasteiger charge is 2.34. The zero-order valence-corrected chi connectivity index (χ0v) is 18.6. The molecular weight excluding hydrogens is 440 g/mol.